The average Bonchev–Trinajstić information content (AvgIpc) is 3.08. The van der Waals surface area contributed by atoms with Crippen molar-refractivity contribution in [1.29, 1.82) is 0 Å². The SMILES string of the molecule is FC1(F)C2(OCCO2)c2cc(Br)sc2C12OCCO2. The summed E-state index contributed by atoms with van der Waals surface area (Å²) in [4.78, 5) is 0.323. The molecule has 2 aliphatic heterocycles. The van der Waals surface area contributed by atoms with Crippen molar-refractivity contribution in [2.24, 2.45) is 0 Å². The van der Waals surface area contributed by atoms with Crippen molar-refractivity contribution in [1.82, 2.24) is 0 Å². The van der Waals surface area contributed by atoms with E-state index in [1.165, 1.54) is 0 Å². The summed E-state index contributed by atoms with van der Waals surface area (Å²) in [6.07, 6.45) is 0. The van der Waals surface area contributed by atoms with Gasteiger partial charge in [0.2, 0.25) is 0 Å². The lowest BCUT2D eigenvalue weighted by molar-refractivity contribution is -0.387. The Morgan fingerprint density at radius 1 is 1.00 bits per heavy atom. The van der Waals surface area contributed by atoms with Crippen molar-refractivity contribution in [3.05, 3.63) is 20.3 Å². The molecule has 4 nitrogen and oxygen atoms in total. The Morgan fingerprint density at radius 3 is 2.11 bits per heavy atom. The van der Waals surface area contributed by atoms with Crippen molar-refractivity contribution in [3.8, 4) is 0 Å². The minimum atomic E-state index is -3.42. The molecule has 1 aromatic rings. The molecule has 0 atom stereocenters. The summed E-state index contributed by atoms with van der Waals surface area (Å²) in [6, 6.07) is 1.60. The third-order valence-electron chi connectivity index (χ3n) is 3.57. The molecule has 8 heteroatoms. The van der Waals surface area contributed by atoms with Crippen LogP contribution < -0.4 is 0 Å². The lowest BCUT2D eigenvalue weighted by Crippen LogP contribution is -2.54. The minimum Gasteiger partial charge on any atom is -0.339 e. The molecule has 3 aliphatic rings. The van der Waals surface area contributed by atoms with Crippen LogP contribution in [-0.4, -0.2) is 32.4 Å². The fraction of sp³-hybridized carbons (Fsp3) is 0.636. The second-order valence-electron chi connectivity index (χ2n) is 4.49. The Balaban J connectivity index is 1.99. The molecule has 19 heavy (non-hydrogen) atoms. The number of alkyl halides is 2. The number of hydrogen-bond donors (Lipinski definition) is 0. The van der Waals surface area contributed by atoms with E-state index in [-0.39, 0.29) is 26.4 Å². The number of ether oxygens (including phenoxy) is 4. The third kappa shape index (κ3) is 1.26. The largest absolute Gasteiger partial charge is 0.363 e. The highest BCUT2D eigenvalue weighted by atomic mass is 79.9. The van der Waals surface area contributed by atoms with Crippen LogP contribution in [0.5, 0.6) is 0 Å². The molecular formula is C11H9BrF2O4S. The molecule has 0 saturated carbocycles. The fourth-order valence-electron chi connectivity index (χ4n) is 2.85. The van der Waals surface area contributed by atoms with Gasteiger partial charge in [0, 0.05) is 5.56 Å². The van der Waals surface area contributed by atoms with Crippen molar-refractivity contribution in [2.75, 3.05) is 26.4 Å². The quantitative estimate of drug-likeness (QED) is 0.717. The van der Waals surface area contributed by atoms with Gasteiger partial charge in [0.15, 0.2) is 0 Å². The van der Waals surface area contributed by atoms with E-state index in [9.17, 15) is 8.78 Å². The number of fused-ring (bicyclic) bond motifs is 3. The molecule has 1 aromatic heterocycles. The second kappa shape index (κ2) is 3.75. The van der Waals surface area contributed by atoms with E-state index in [2.05, 4.69) is 15.9 Å². The molecule has 4 rings (SSSR count). The van der Waals surface area contributed by atoms with Crippen LogP contribution in [0.4, 0.5) is 8.78 Å². The monoisotopic (exact) mass is 354 g/mol. The summed E-state index contributed by atoms with van der Waals surface area (Å²) in [5.74, 6) is -7.59. The lowest BCUT2D eigenvalue weighted by atomic mass is 10.1. The van der Waals surface area contributed by atoms with Crippen LogP contribution in [0.3, 0.4) is 0 Å². The molecule has 0 bridgehead atoms. The van der Waals surface area contributed by atoms with Gasteiger partial charge in [-0.1, -0.05) is 0 Å². The van der Waals surface area contributed by atoms with Crippen LogP contribution in [0.1, 0.15) is 10.4 Å². The van der Waals surface area contributed by atoms with Gasteiger partial charge in [-0.25, -0.2) is 0 Å². The minimum absolute atomic E-state index is 0.124. The van der Waals surface area contributed by atoms with Crippen molar-refractivity contribution >= 4 is 27.3 Å². The van der Waals surface area contributed by atoms with E-state index in [1.807, 2.05) is 0 Å². The molecule has 2 saturated heterocycles. The first-order chi connectivity index (χ1) is 9.04. The molecular weight excluding hydrogens is 346 g/mol. The average molecular weight is 355 g/mol. The number of rotatable bonds is 0. The number of thiophene rings is 1. The van der Waals surface area contributed by atoms with Gasteiger partial charge in [0.05, 0.1) is 35.1 Å². The predicted octanol–water partition coefficient (Wildman–Crippen LogP) is 2.56. The smallest absolute Gasteiger partial charge is 0.339 e. The summed E-state index contributed by atoms with van der Waals surface area (Å²) in [5, 5.41) is 0. The Bertz CT molecular complexity index is 491. The van der Waals surface area contributed by atoms with Gasteiger partial charge in [-0.05, 0) is 22.0 Å². The molecule has 0 N–H and O–H groups in total. The highest BCUT2D eigenvalue weighted by Gasteiger charge is 2.81. The molecule has 104 valence electrons. The summed E-state index contributed by atoms with van der Waals surface area (Å²) in [6.45, 7) is 0.498. The standard InChI is InChI=1S/C11H9BrF2O4S/c12-7-5-6-8(19-7)10(17-3-4-18-10)11(13,14)9(6)15-1-2-16-9/h5H,1-4H2. The van der Waals surface area contributed by atoms with Gasteiger partial charge in [-0.2, -0.15) is 8.78 Å². The van der Waals surface area contributed by atoms with E-state index < -0.39 is 17.5 Å². The molecule has 0 amide bonds. The van der Waals surface area contributed by atoms with E-state index >= 15 is 0 Å². The van der Waals surface area contributed by atoms with Crippen LogP contribution in [0.25, 0.3) is 0 Å². The van der Waals surface area contributed by atoms with Crippen molar-refractivity contribution < 1.29 is 27.7 Å². The second-order valence-corrected chi connectivity index (χ2v) is 6.93. The van der Waals surface area contributed by atoms with Crippen LogP contribution in [0.2, 0.25) is 0 Å². The van der Waals surface area contributed by atoms with E-state index in [0.717, 1.165) is 11.3 Å². The van der Waals surface area contributed by atoms with Crippen molar-refractivity contribution in [2.45, 2.75) is 17.5 Å². The zero-order valence-electron chi connectivity index (χ0n) is 9.58. The predicted molar refractivity (Wildman–Crippen MR) is 64.1 cm³/mol. The number of hydrogen-bond acceptors (Lipinski definition) is 5. The van der Waals surface area contributed by atoms with Crippen molar-refractivity contribution in [3.63, 3.8) is 0 Å². The Morgan fingerprint density at radius 2 is 1.53 bits per heavy atom. The highest BCUT2D eigenvalue weighted by molar-refractivity contribution is 9.11. The van der Waals surface area contributed by atoms with Gasteiger partial charge < -0.3 is 18.9 Å². The zero-order chi connectivity index (χ0) is 13.3. The van der Waals surface area contributed by atoms with Crippen LogP contribution >= 0.6 is 27.3 Å². The molecule has 2 spiro atoms. The number of halogens is 3. The molecule has 0 radical (unpaired) electrons. The van der Waals surface area contributed by atoms with Gasteiger partial charge in [0.25, 0.3) is 11.6 Å². The molecule has 2 fully saturated rings. The maximum absolute atomic E-state index is 14.9. The topological polar surface area (TPSA) is 36.9 Å². The third-order valence-corrected chi connectivity index (χ3v) is 5.29. The van der Waals surface area contributed by atoms with Gasteiger partial charge in [-0.3, -0.25) is 0 Å². The first-order valence-corrected chi connectivity index (χ1v) is 7.38. The Kier molecular flexibility index (Phi) is 2.49. The van der Waals surface area contributed by atoms with Crippen LogP contribution in [0.15, 0.2) is 9.85 Å². The maximum Gasteiger partial charge on any atom is 0.363 e. The first kappa shape index (κ1) is 12.6. The molecule has 0 unspecified atom stereocenters. The molecule has 0 aromatic carbocycles. The Hall–Kier alpha value is -0.120. The summed E-state index contributed by atoms with van der Waals surface area (Å²) in [5.41, 5.74) is 0.300. The van der Waals surface area contributed by atoms with Crippen LogP contribution in [0, 0.1) is 0 Å². The van der Waals surface area contributed by atoms with Gasteiger partial charge in [-0.15, -0.1) is 11.3 Å². The van der Waals surface area contributed by atoms with Crippen LogP contribution in [-0.2, 0) is 30.5 Å². The molecule has 1 aliphatic carbocycles. The summed E-state index contributed by atoms with van der Waals surface area (Å²) < 4.78 is 51.7. The van der Waals surface area contributed by atoms with E-state index in [4.69, 9.17) is 18.9 Å². The Labute approximate surface area is 119 Å². The normalized spacial score (nSPS) is 29.4. The zero-order valence-corrected chi connectivity index (χ0v) is 12.0. The molecule has 3 heterocycles. The van der Waals surface area contributed by atoms with E-state index in [0.29, 0.717) is 14.2 Å². The lowest BCUT2D eigenvalue weighted by Gasteiger charge is -2.35. The van der Waals surface area contributed by atoms with E-state index in [1.54, 1.807) is 6.07 Å². The first-order valence-electron chi connectivity index (χ1n) is 5.77. The fourth-order valence-corrected chi connectivity index (χ4v) is 4.62. The maximum atomic E-state index is 14.9. The van der Waals surface area contributed by atoms with Gasteiger partial charge in [0.1, 0.15) is 0 Å². The summed E-state index contributed by atoms with van der Waals surface area (Å²) >= 11 is 4.47. The summed E-state index contributed by atoms with van der Waals surface area (Å²) in [7, 11) is 0. The van der Waals surface area contributed by atoms with Gasteiger partial charge >= 0.3 is 5.92 Å². The highest BCUT2D eigenvalue weighted by Crippen LogP contribution is 2.66.